The molecule has 2 aliphatic heterocycles. The van der Waals surface area contributed by atoms with E-state index in [9.17, 15) is 22.8 Å². The summed E-state index contributed by atoms with van der Waals surface area (Å²) in [5, 5.41) is 5.16. The number of ether oxygens (including phenoxy) is 1. The molecule has 0 radical (unpaired) electrons. The molecule has 0 aromatic heterocycles. The number of fused-ring (bicyclic) bond motifs is 2. The molecule has 0 fully saturated rings. The first-order valence-corrected chi connectivity index (χ1v) is 8.64. The van der Waals surface area contributed by atoms with Gasteiger partial charge in [0.15, 0.2) is 11.6 Å². The predicted octanol–water partition coefficient (Wildman–Crippen LogP) is 3.06. The minimum Gasteiger partial charge on any atom is -0.491 e. The highest BCUT2D eigenvalue weighted by molar-refractivity contribution is 5.94. The van der Waals surface area contributed by atoms with Gasteiger partial charge in [0.2, 0.25) is 5.91 Å². The third-order valence-electron chi connectivity index (χ3n) is 4.70. The molecule has 0 unspecified atom stereocenters. The van der Waals surface area contributed by atoms with Crippen LogP contribution in [0.15, 0.2) is 30.3 Å². The molecule has 9 heteroatoms. The number of amides is 3. The standard InChI is InChI=1S/C19H16F3N3O3.2H2/c20-11-1-4-16-10(5-11)6-12(9-28-16)23-17(26)8-25-7-13-15(24-19(25)27)3-2-14(21)18(13)22;;/h1-5,12H,6-9H2,(H,23,26)(H,24,27);2*1H/t12-;;/m0../s1. The minimum atomic E-state index is -1.05. The van der Waals surface area contributed by atoms with Gasteiger partial charge in [-0.2, -0.15) is 0 Å². The molecule has 4 rings (SSSR count). The van der Waals surface area contributed by atoms with Gasteiger partial charge in [-0.05, 0) is 42.3 Å². The highest BCUT2D eigenvalue weighted by Gasteiger charge is 2.29. The van der Waals surface area contributed by atoms with Crippen molar-refractivity contribution in [1.82, 2.24) is 10.2 Å². The van der Waals surface area contributed by atoms with E-state index in [2.05, 4.69) is 10.6 Å². The van der Waals surface area contributed by atoms with Gasteiger partial charge in [0.25, 0.3) is 0 Å². The van der Waals surface area contributed by atoms with Crippen LogP contribution in [0, 0.1) is 17.5 Å². The lowest BCUT2D eigenvalue weighted by Crippen LogP contribution is -2.49. The molecule has 2 heterocycles. The van der Waals surface area contributed by atoms with Crippen molar-refractivity contribution < 1.29 is 30.4 Å². The van der Waals surface area contributed by atoms with Crippen molar-refractivity contribution in [3.8, 4) is 5.75 Å². The van der Waals surface area contributed by atoms with Gasteiger partial charge in [0.05, 0.1) is 18.3 Å². The second-order valence-electron chi connectivity index (χ2n) is 6.71. The summed E-state index contributed by atoms with van der Waals surface area (Å²) in [4.78, 5) is 25.6. The lowest BCUT2D eigenvalue weighted by Gasteiger charge is -2.30. The van der Waals surface area contributed by atoms with Crippen LogP contribution in [0.5, 0.6) is 5.75 Å². The van der Waals surface area contributed by atoms with Crippen molar-refractivity contribution in [1.29, 1.82) is 0 Å². The Bertz CT molecular complexity index is 978. The van der Waals surface area contributed by atoms with E-state index in [0.29, 0.717) is 17.7 Å². The van der Waals surface area contributed by atoms with Crippen LogP contribution in [0.1, 0.15) is 14.0 Å². The molecule has 2 aromatic carbocycles. The summed E-state index contributed by atoms with van der Waals surface area (Å²) < 4.78 is 46.3. The molecule has 2 N–H and O–H groups in total. The summed E-state index contributed by atoms with van der Waals surface area (Å²) >= 11 is 0. The van der Waals surface area contributed by atoms with E-state index in [1.165, 1.54) is 24.3 Å². The lowest BCUT2D eigenvalue weighted by atomic mass is 10.0. The maximum absolute atomic E-state index is 14.0. The number of benzene rings is 2. The number of hydrogen-bond acceptors (Lipinski definition) is 3. The Balaban J connectivity index is 0.00000160. The molecule has 2 aliphatic rings. The van der Waals surface area contributed by atoms with Crippen LogP contribution >= 0.6 is 0 Å². The molecule has 1 atom stereocenters. The number of nitrogens with one attached hydrogen (secondary N) is 2. The van der Waals surface area contributed by atoms with Crippen LogP contribution in [0.2, 0.25) is 0 Å². The monoisotopic (exact) mass is 395 g/mol. The molecule has 6 nitrogen and oxygen atoms in total. The van der Waals surface area contributed by atoms with E-state index >= 15 is 0 Å². The third kappa shape index (κ3) is 3.47. The number of rotatable bonds is 3. The Labute approximate surface area is 161 Å². The minimum absolute atomic E-state index is 0. The number of hydrogen-bond donors (Lipinski definition) is 2. The first-order chi connectivity index (χ1) is 13.4. The van der Waals surface area contributed by atoms with Gasteiger partial charge in [-0.3, -0.25) is 4.79 Å². The van der Waals surface area contributed by atoms with Crippen LogP contribution < -0.4 is 15.4 Å². The van der Waals surface area contributed by atoms with Gasteiger partial charge in [0.1, 0.15) is 24.7 Å². The van der Waals surface area contributed by atoms with Gasteiger partial charge in [-0.25, -0.2) is 18.0 Å². The molecule has 0 aliphatic carbocycles. The third-order valence-corrected chi connectivity index (χ3v) is 4.70. The Morgan fingerprint density at radius 2 is 2.11 bits per heavy atom. The molecule has 0 bridgehead atoms. The van der Waals surface area contributed by atoms with E-state index in [-0.39, 0.29) is 33.8 Å². The second kappa shape index (κ2) is 7.06. The Morgan fingerprint density at radius 3 is 2.93 bits per heavy atom. The van der Waals surface area contributed by atoms with Crippen LogP contribution in [0.4, 0.5) is 23.7 Å². The average Bonchev–Trinajstić information content (AvgIpc) is 2.66. The van der Waals surface area contributed by atoms with Gasteiger partial charge in [0, 0.05) is 8.42 Å². The predicted molar refractivity (Wildman–Crippen MR) is 97.5 cm³/mol. The molecule has 2 aromatic rings. The van der Waals surface area contributed by atoms with Crippen LogP contribution in [-0.4, -0.2) is 36.0 Å². The van der Waals surface area contributed by atoms with Crippen LogP contribution in [0.3, 0.4) is 0 Å². The molecule has 0 saturated heterocycles. The van der Waals surface area contributed by atoms with Crippen molar-refractivity contribution >= 4 is 17.6 Å². The Hall–Kier alpha value is -3.23. The fourth-order valence-electron chi connectivity index (χ4n) is 3.35. The normalized spacial score (nSPS) is 17.9. The first kappa shape index (κ1) is 18.1. The summed E-state index contributed by atoms with van der Waals surface area (Å²) in [6.07, 6.45) is 0.383. The average molecular weight is 395 g/mol. The smallest absolute Gasteiger partial charge is 0.322 e. The van der Waals surface area contributed by atoms with Crippen molar-refractivity contribution in [2.75, 3.05) is 18.5 Å². The summed E-state index contributed by atoms with van der Waals surface area (Å²) in [5.74, 6) is -2.39. The van der Waals surface area contributed by atoms with Gasteiger partial charge < -0.3 is 20.3 Å². The van der Waals surface area contributed by atoms with Crippen molar-refractivity contribution in [2.45, 2.75) is 19.0 Å². The molecular formula is C19H20F3N3O3. The molecule has 0 saturated carbocycles. The number of carbonyl (C=O) groups is 2. The maximum atomic E-state index is 14.0. The number of anilines is 1. The largest absolute Gasteiger partial charge is 0.491 e. The zero-order chi connectivity index (χ0) is 19.8. The first-order valence-electron chi connectivity index (χ1n) is 8.64. The fourth-order valence-corrected chi connectivity index (χ4v) is 3.35. The molecule has 150 valence electrons. The second-order valence-corrected chi connectivity index (χ2v) is 6.71. The van der Waals surface area contributed by atoms with E-state index in [0.717, 1.165) is 11.0 Å². The Morgan fingerprint density at radius 1 is 1.29 bits per heavy atom. The summed E-state index contributed by atoms with van der Waals surface area (Å²) in [6, 6.07) is 5.41. The number of nitrogens with zero attached hydrogens (tertiary/aromatic N) is 1. The van der Waals surface area contributed by atoms with Crippen LogP contribution in [0.25, 0.3) is 0 Å². The summed E-state index contributed by atoms with van der Waals surface area (Å²) in [5.41, 5.74) is 0.802. The van der Waals surface area contributed by atoms with Crippen LogP contribution in [-0.2, 0) is 17.8 Å². The molecule has 28 heavy (non-hydrogen) atoms. The quantitative estimate of drug-likeness (QED) is 0.839. The number of halogens is 3. The maximum Gasteiger partial charge on any atom is 0.322 e. The van der Waals surface area contributed by atoms with E-state index in [4.69, 9.17) is 4.74 Å². The fraction of sp³-hybridized carbons (Fsp3) is 0.263. The lowest BCUT2D eigenvalue weighted by molar-refractivity contribution is -0.122. The van der Waals surface area contributed by atoms with Gasteiger partial charge in [-0.15, -0.1) is 0 Å². The van der Waals surface area contributed by atoms with E-state index < -0.39 is 35.4 Å². The number of urea groups is 1. The zero-order valence-corrected chi connectivity index (χ0v) is 14.6. The highest BCUT2D eigenvalue weighted by Crippen LogP contribution is 2.28. The van der Waals surface area contributed by atoms with Crippen molar-refractivity contribution in [3.05, 3.63) is 58.9 Å². The van der Waals surface area contributed by atoms with Gasteiger partial charge in [-0.1, -0.05) is 0 Å². The molecular weight excluding hydrogens is 375 g/mol. The van der Waals surface area contributed by atoms with E-state index in [1.54, 1.807) is 0 Å². The van der Waals surface area contributed by atoms with E-state index in [1.807, 2.05) is 0 Å². The van der Waals surface area contributed by atoms with Crippen molar-refractivity contribution in [3.63, 3.8) is 0 Å². The highest BCUT2D eigenvalue weighted by atomic mass is 19.2. The van der Waals surface area contributed by atoms with Crippen molar-refractivity contribution in [2.24, 2.45) is 0 Å². The molecule has 0 spiro atoms. The number of carbonyl (C=O) groups excluding carboxylic acids is 2. The Kier molecular flexibility index (Phi) is 4.58. The van der Waals surface area contributed by atoms with Gasteiger partial charge >= 0.3 is 6.03 Å². The summed E-state index contributed by atoms with van der Waals surface area (Å²) in [6.45, 7) is -0.361. The topological polar surface area (TPSA) is 70.7 Å². The molecule has 3 amide bonds. The SMILES string of the molecule is O=C(CN1Cc2c(ccc(F)c2F)NC1=O)N[C@@H]1COc2ccc(F)cc2C1.[HH].[HH]. The zero-order valence-electron chi connectivity index (χ0n) is 14.6. The summed E-state index contributed by atoms with van der Waals surface area (Å²) in [7, 11) is 0.